The molecule has 0 bridgehead atoms. The summed E-state index contributed by atoms with van der Waals surface area (Å²) in [6, 6.07) is 7.48. The van der Waals surface area contributed by atoms with Crippen LogP contribution in [0.15, 0.2) is 33.2 Å². The smallest absolute Gasteiger partial charge is 0.240 e. The van der Waals surface area contributed by atoms with E-state index in [0.29, 0.717) is 28.8 Å². The Kier molecular flexibility index (Phi) is 2.49. The fourth-order valence-electron chi connectivity index (χ4n) is 1.75. The van der Waals surface area contributed by atoms with Crippen molar-refractivity contribution in [2.75, 3.05) is 7.11 Å². The molecule has 6 nitrogen and oxygen atoms in total. The van der Waals surface area contributed by atoms with Gasteiger partial charge in [0, 0.05) is 5.39 Å². The fraction of sp³-hybridized carbons (Fsp3) is 0.167. The zero-order chi connectivity index (χ0) is 12.5. The lowest BCUT2D eigenvalue weighted by Gasteiger charge is -1.98. The van der Waals surface area contributed by atoms with E-state index in [4.69, 9.17) is 19.4 Å². The van der Waals surface area contributed by atoms with Gasteiger partial charge < -0.3 is 19.4 Å². The number of rotatable bonds is 3. The molecule has 0 saturated carbocycles. The van der Waals surface area contributed by atoms with Crippen molar-refractivity contribution in [2.45, 2.75) is 6.54 Å². The Hall–Kier alpha value is -2.34. The van der Waals surface area contributed by atoms with Gasteiger partial charge >= 0.3 is 0 Å². The first kappa shape index (κ1) is 10.8. The van der Waals surface area contributed by atoms with Crippen molar-refractivity contribution in [1.82, 2.24) is 10.1 Å². The lowest BCUT2D eigenvalue weighted by Crippen LogP contribution is -1.95. The number of aromatic nitrogens is 2. The summed E-state index contributed by atoms with van der Waals surface area (Å²) in [5.41, 5.74) is 6.08. The average molecular weight is 245 g/mol. The Bertz CT molecular complexity index is 687. The van der Waals surface area contributed by atoms with Crippen molar-refractivity contribution >= 4 is 11.0 Å². The Labute approximate surface area is 102 Å². The normalized spacial score (nSPS) is 11.0. The van der Waals surface area contributed by atoms with E-state index in [9.17, 15) is 0 Å². The number of hydrogen-bond donors (Lipinski definition) is 1. The maximum atomic E-state index is 5.68. The third-order valence-electron chi connectivity index (χ3n) is 2.59. The van der Waals surface area contributed by atoms with Crippen LogP contribution < -0.4 is 10.5 Å². The molecule has 0 aliphatic heterocycles. The largest absolute Gasteiger partial charge is 0.493 e. The number of furan rings is 1. The van der Waals surface area contributed by atoms with Gasteiger partial charge in [-0.1, -0.05) is 17.3 Å². The van der Waals surface area contributed by atoms with Crippen molar-refractivity contribution in [3.63, 3.8) is 0 Å². The van der Waals surface area contributed by atoms with Crippen LogP contribution in [-0.4, -0.2) is 17.3 Å². The van der Waals surface area contributed by atoms with Crippen LogP contribution in [0.2, 0.25) is 0 Å². The summed E-state index contributed by atoms with van der Waals surface area (Å²) in [6.07, 6.45) is 0. The minimum atomic E-state index is 0.205. The van der Waals surface area contributed by atoms with Gasteiger partial charge in [-0.2, -0.15) is 4.98 Å². The van der Waals surface area contributed by atoms with Crippen molar-refractivity contribution in [2.24, 2.45) is 5.73 Å². The highest BCUT2D eigenvalue weighted by molar-refractivity contribution is 5.86. The second-order valence-electron chi connectivity index (χ2n) is 3.71. The standard InChI is InChI=1S/C12H11N3O3/c1-16-8-4-2-3-7-5-9(17-11(7)8)12-14-10(6-13)18-15-12/h2-5H,6,13H2,1H3. The van der Waals surface area contributed by atoms with Crippen molar-refractivity contribution in [1.29, 1.82) is 0 Å². The molecule has 0 unspecified atom stereocenters. The minimum absolute atomic E-state index is 0.205. The van der Waals surface area contributed by atoms with Gasteiger partial charge in [0.15, 0.2) is 17.1 Å². The quantitative estimate of drug-likeness (QED) is 0.758. The number of para-hydroxylation sites is 1. The second kappa shape index (κ2) is 4.15. The van der Waals surface area contributed by atoms with Gasteiger partial charge in [0.25, 0.3) is 0 Å². The van der Waals surface area contributed by atoms with E-state index < -0.39 is 0 Å². The third-order valence-corrected chi connectivity index (χ3v) is 2.59. The molecule has 3 rings (SSSR count). The van der Waals surface area contributed by atoms with Crippen LogP contribution in [0.5, 0.6) is 5.75 Å². The van der Waals surface area contributed by atoms with Gasteiger partial charge in [0.1, 0.15) is 0 Å². The minimum Gasteiger partial charge on any atom is -0.493 e. The maximum absolute atomic E-state index is 5.68. The highest BCUT2D eigenvalue weighted by Crippen LogP contribution is 2.32. The van der Waals surface area contributed by atoms with E-state index in [1.165, 1.54) is 0 Å². The van der Waals surface area contributed by atoms with E-state index in [0.717, 1.165) is 5.39 Å². The van der Waals surface area contributed by atoms with Gasteiger partial charge in [-0.05, 0) is 12.1 Å². The van der Waals surface area contributed by atoms with Gasteiger partial charge in [-0.15, -0.1) is 0 Å². The van der Waals surface area contributed by atoms with Crippen LogP contribution in [0.4, 0.5) is 0 Å². The van der Waals surface area contributed by atoms with E-state index >= 15 is 0 Å². The second-order valence-corrected chi connectivity index (χ2v) is 3.71. The molecule has 0 saturated heterocycles. The molecule has 0 aliphatic rings. The van der Waals surface area contributed by atoms with E-state index in [-0.39, 0.29) is 6.54 Å². The number of methoxy groups -OCH3 is 1. The summed E-state index contributed by atoms with van der Waals surface area (Å²) in [4.78, 5) is 4.11. The molecular formula is C12H11N3O3. The number of ether oxygens (including phenoxy) is 1. The summed E-state index contributed by atoms with van der Waals surface area (Å²) in [5.74, 6) is 1.95. The summed E-state index contributed by atoms with van der Waals surface area (Å²) >= 11 is 0. The van der Waals surface area contributed by atoms with Gasteiger partial charge in [0.05, 0.1) is 13.7 Å². The molecule has 1 aromatic carbocycles. The van der Waals surface area contributed by atoms with Gasteiger partial charge in [-0.3, -0.25) is 0 Å². The summed E-state index contributed by atoms with van der Waals surface area (Å²) in [6.45, 7) is 0.205. The van der Waals surface area contributed by atoms with E-state index in [1.54, 1.807) is 7.11 Å². The van der Waals surface area contributed by atoms with Crippen molar-refractivity contribution < 1.29 is 13.7 Å². The lowest BCUT2D eigenvalue weighted by atomic mass is 10.2. The first-order chi connectivity index (χ1) is 8.81. The van der Waals surface area contributed by atoms with E-state index in [2.05, 4.69) is 10.1 Å². The van der Waals surface area contributed by atoms with Crippen LogP contribution in [0.25, 0.3) is 22.6 Å². The number of nitrogens with two attached hydrogens (primary N) is 1. The number of nitrogens with zero attached hydrogens (tertiary/aromatic N) is 2. The molecule has 0 aliphatic carbocycles. The Morgan fingerprint density at radius 3 is 3.00 bits per heavy atom. The molecule has 0 fully saturated rings. The van der Waals surface area contributed by atoms with Crippen molar-refractivity contribution in [3.05, 3.63) is 30.2 Å². The first-order valence-corrected chi connectivity index (χ1v) is 5.41. The summed E-state index contributed by atoms with van der Waals surface area (Å²) in [5, 5.41) is 4.73. The van der Waals surface area contributed by atoms with Crippen LogP contribution in [0, 0.1) is 0 Å². The first-order valence-electron chi connectivity index (χ1n) is 5.41. The molecule has 18 heavy (non-hydrogen) atoms. The lowest BCUT2D eigenvalue weighted by molar-refractivity contribution is 0.379. The highest BCUT2D eigenvalue weighted by Gasteiger charge is 2.14. The molecule has 92 valence electrons. The highest BCUT2D eigenvalue weighted by atomic mass is 16.5. The van der Waals surface area contributed by atoms with Crippen molar-refractivity contribution in [3.8, 4) is 17.3 Å². The van der Waals surface area contributed by atoms with Crippen LogP contribution in [0.1, 0.15) is 5.89 Å². The predicted octanol–water partition coefficient (Wildman–Crippen LogP) is 1.95. The summed E-state index contributed by atoms with van der Waals surface area (Å²) in [7, 11) is 1.60. The zero-order valence-electron chi connectivity index (χ0n) is 9.71. The maximum Gasteiger partial charge on any atom is 0.240 e. The molecule has 3 aromatic rings. The van der Waals surface area contributed by atoms with Gasteiger partial charge in [-0.25, -0.2) is 0 Å². The fourth-order valence-corrected chi connectivity index (χ4v) is 1.75. The Morgan fingerprint density at radius 1 is 1.39 bits per heavy atom. The number of hydrogen-bond acceptors (Lipinski definition) is 6. The van der Waals surface area contributed by atoms with Crippen LogP contribution in [-0.2, 0) is 6.54 Å². The molecule has 0 radical (unpaired) electrons. The molecule has 0 amide bonds. The zero-order valence-corrected chi connectivity index (χ0v) is 9.71. The van der Waals surface area contributed by atoms with Crippen LogP contribution >= 0.6 is 0 Å². The molecule has 0 atom stereocenters. The molecular weight excluding hydrogens is 234 g/mol. The SMILES string of the molecule is COc1cccc2cc(-c3noc(CN)n3)oc12. The monoisotopic (exact) mass is 245 g/mol. The number of fused-ring (bicyclic) bond motifs is 1. The molecule has 2 heterocycles. The molecule has 6 heteroatoms. The Morgan fingerprint density at radius 2 is 2.28 bits per heavy atom. The van der Waals surface area contributed by atoms with Gasteiger partial charge in [0.2, 0.25) is 11.7 Å². The molecule has 0 spiro atoms. The average Bonchev–Trinajstić information content (AvgIpc) is 3.03. The third kappa shape index (κ3) is 1.63. The summed E-state index contributed by atoms with van der Waals surface area (Å²) < 4.78 is 15.9. The van der Waals surface area contributed by atoms with Crippen LogP contribution in [0.3, 0.4) is 0 Å². The molecule has 2 N–H and O–H groups in total. The van der Waals surface area contributed by atoms with E-state index in [1.807, 2.05) is 24.3 Å². The Balaban J connectivity index is 2.13. The molecule has 2 aromatic heterocycles. The predicted molar refractivity (Wildman–Crippen MR) is 63.9 cm³/mol. The number of benzene rings is 1. The topological polar surface area (TPSA) is 87.3 Å².